The predicted octanol–water partition coefficient (Wildman–Crippen LogP) is 2.27. The Morgan fingerprint density at radius 3 is 2.70 bits per heavy atom. The molecule has 0 radical (unpaired) electrons. The SMILES string of the molecule is CNc1nc(C)cc(N2C[C@H]3C[C@@H](Oc4cccc(C(=O)OC)c4)[C@H](O)C[C@H]3C2)n1. The van der Waals surface area contributed by atoms with Crippen LogP contribution in [-0.4, -0.2) is 60.5 Å². The molecule has 8 heteroatoms. The molecule has 0 amide bonds. The molecule has 4 rings (SSSR count). The fraction of sp³-hybridized carbons (Fsp3) is 0.500. The van der Waals surface area contributed by atoms with Crippen LogP contribution in [0.1, 0.15) is 28.9 Å². The number of hydrogen-bond donors (Lipinski definition) is 2. The van der Waals surface area contributed by atoms with Crippen molar-refractivity contribution >= 4 is 17.7 Å². The number of fused-ring (bicyclic) bond motifs is 1. The van der Waals surface area contributed by atoms with Gasteiger partial charge in [0.15, 0.2) is 0 Å². The highest BCUT2D eigenvalue weighted by molar-refractivity contribution is 5.89. The van der Waals surface area contributed by atoms with Crippen molar-refractivity contribution in [3.63, 3.8) is 0 Å². The van der Waals surface area contributed by atoms with Gasteiger partial charge in [-0.3, -0.25) is 0 Å². The highest BCUT2D eigenvalue weighted by Gasteiger charge is 2.43. The first-order valence-electron chi connectivity index (χ1n) is 10.3. The molecule has 1 aliphatic carbocycles. The van der Waals surface area contributed by atoms with Crippen LogP contribution in [0.25, 0.3) is 0 Å². The van der Waals surface area contributed by atoms with Gasteiger partial charge in [-0.05, 0) is 49.8 Å². The number of carbonyl (C=O) groups is 1. The van der Waals surface area contributed by atoms with Gasteiger partial charge < -0.3 is 24.8 Å². The van der Waals surface area contributed by atoms with Crippen LogP contribution in [0.2, 0.25) is 0 Å². The summed E-state index contributed by atoms with van der Waals surface area (Å²) in [6.07, 6.45) is 0.589. The Hall–Kier alpha value is -2.87. The first-order chi connectivity index (χ1) is 14.5. The van der Waals surface area contributed by atoms with Crippen LogP contribution >= 0.6 is 0 Å². The Morgan fingerprint density at radius 2 is 1.97 bits per heavy atom. The number of aromatic nitrogens is 2. The third-order valence-electron chi connectivity index (χ3n) is 6.02. The zero-order valence-corrected chi connectivity index (χ0v) is 17.5. The average Bonchev–Trinajstić information content (AvgIpc) is 3.16. The third-order valence-corrected chi connectivity index (χ3v) is 6.02. The van der Waals surface area contributed by atoms with Gasteiger partial charge in [0.05, 0.1) is 18.8 Å². The zero-order valence-electron chi connectivity index (χ0n) is 17.5. The summed E-state index contributed by atoms with van der Waals surface area (Å²) >= 11 is 0. The molecule has 2 aliphatic rings. The summed E-state index contributed by atoms with van der Waals surface area (Å²) in [7, 11) is 3.17. The van der Waals surface area contributed by atoms with Gasteiger partial charge in [0.1, 0.15) is 17.7 Å². The van der Waals surface area contributed by atoms with Crippen molar-refractivity contribution in [2.45, 2.75) is 32.0 Å². The first-order valence-corrected chi connectivity index (χ1v) is 10.3. The van der Waals surface area contributed by atoms with Gasteiger partial charge in [0.2, 0.25) is 5.95 Å². The maximum absolute atomic E-state index is 11.8. The number of aryl methyl sites for hydroxylation is 1. The van der Waals surface area contributed by atoms with E-state index in [9.17, 15) is 9.90 Å². The standard InChI is InChI=1S/C22H28N4O4/c1-13-7-20(25-22(23-2)24-13)26-11-15-9-18(27)19(10-16(15)12-26)30-17-6-4-5-14(8-17)21(28)29-3/h4-8,15-16,18-19,27H,9-12H2,1-3H3,(H,23,24,25)/t15-,16+,18+,19+/m0/s1. The lowest BCUT2D eigenvalue weighted by Crippen LogP contribution is -2.42. The lowest BCUT2D eigenvalue weighted by Gasteiger charge is -2.35. The topological polar surface area (TPSA) is 96.8 Å². The van der Waals surface area contributed by atoms with Crippen molar-refractivity contribution in [2.24, 2.45) is 11.8 Å². The van der Waals surface area contributed by atoms with Gasteiger partial charge in [0, 0.05) is 31.9 Å². The molecule has 4 atom stereocenters. The normalized spacial score (nSPS) is 25.5. The number of ether oxygens (including phenoxy) is 2. The Kier molecular flexibility index (Phi) is 5.76. The summed E-state index contributed by atoms with van der Waals surface area (Å²) < 4.78 is 10.9. The van der Waals surface area contributed by atoms with Crippen LogP contribution in [0.4, 0.5) is 11.8 Å². The van der Waals surface area contributed by atoms with Crippen LogP contribution in [-0.2, 0) is 4.74 Å². The van der Waals surface area contributed by atoms with E-state index in [0.717, 1.165) is 31.0 Å². The number of aliphatic hydroxyl groups excluding tert-OH is 1. The fourth-order valence-corrected chi connectivity index (χ4v) is 4.52. The second-order valence-electron chi connectivity index (χ2n) is 8.08. The number of hydrogen-bond acceptors (Lipinski definition) is 8. The van der Waals surface area contributed by atoms with E-state index in [1.54, 1.807) is 24.3 Å². The molecule has 1 saturated heterocycles. The molecule has 30 heavy (non-hydrogen) atoms. The van der Waals surface area contributed by atoms with Crippen LogP contribution in [0.5, 0.6) is 5.75 Å². The average molecular weight is 412 g/mol. The van der Waals surface area contributed by atoms with Crippen LogP contribution in [0.15, 0.2) is 30.3 Å². The number of nitrogens with one attached hydrogen (secondary N) is 1. The highest BCUT2D eigenvalue weighted by Crippen LogP contribution is 2.39. The molecule has 0 spiro atoms. The molecule has 0 unspecified atom stereocenters. The zero-order chi connectivity index (χ0) is 21.3. The quantitative estimate of drug-likeness (QED) is 0.722. The molecular weight excluding hydrogens is 384 g/mol. The molecule has 2 fully saturated rings. The molecule has 1 aromatic carbocycles. The summed E-state index contributed by atoms with van der Waals surface area (Å²) in [5.41, 5.74) is 1.36. The van der Waals surface area contributed by atoms with E-state index in [1.807, 2.05) is 20.0 Å². The molecule has 1 saturated carbocycles. The molecule has 2 aromatic rings. The van der Waals surface area contributed by atoms with Crippen LogP contribution in [0, 0.1) is 18.8 Å². The number of anilines is 2. The molecular formula is C22H28N4O4. The molecule has 160 valence electrons. The number of benzene rings is 1. The molecule has 0 bridgehead atoms. The van der Waals surface area contributed by atoms with E-state index in [2.05, 4.69) is 20.2 Å². The largest absolute Gasteiger partial charge is 0.488 e. The minimum Gasteiger partial charge on any atom is -0.488 e. The molecule has 8 nitrogen and oxygen atoms in total. The van der Waals surface area contributed by atoms with Gasteiger partial charge >= 0.3 is 5.97 Å². The van der Waals surface area contributed by atoms with E-state index in [4.69, 9.17) is 9.47 Å². The van der Waals surface area contributed by atoms with Gasteiger partial charge in [0.25, 0.3) is 0 Å². The van der Waals surface area contributed by atoms with Crippen molar-refractivity contribution in [1.29, 1.82) is 0 Å². The van der Waals surface area contributed by atoms with E-state index in [-0.39, 0.29) is 6.10 Å². The minimum atomic E-state index is -0.548. The highest BCUT2D eigenvalue weighted by atomic mass is 16.5. The Bertz CT molecular complexity index is 922. The van der Waals surface area contributed by atoms with Gasteiger partial charge in [-0.1, -0.05) is 6.07 Å². The monoisotopic (exact) mass is 412 g/mol. The summed E-state index contributed by atoms with van der Waals surface area (Å²) in [5, 5.41) is 13.7. The van der Waals surface area contributed by atoms with Crippen LogP contribution < -0.4 is 15.0 Å². The summed E-state index contributed by atoms with van der Waals surface area (Å²) in [6.45, 7) is 3.70. The number of carbonyl (C=O) groups excluding carboxylic acids is 1. The van der Waals surface area contributed by atoms with E-state index in [1.165, 1.54) is 7.11 Å². The fourth-order valence-electron chi connectivity index (χ4n) is 4.52. The number of aliphatic hydroxyl groups is 1. The van der Waals surface area contributed by atoms with Gasteiger partial charge in [-0.25, -0.2) is 9.78 Å². The van der Waals surface area contributed by atoms with Crippen molar-refractivity contribution in [1.82, 2.24) is 9.97 Å². The second-order valence-corrected chi connectivity index (χ2v) is 8.08. The Balaban J connectivity index is 1.45. The summed E-state index contributed by atoms with van der Waals surface area (Å²) in [6, 6.07) is 8.91. The maximum Gasteiger partial charge on any atom is 0.337 e. The van der Waals surface area contributed by atoms with Gasteiger partial charge in [-0.2, -0.15) is 4.98 Å². The summed E-state index contributed by atoms with van der Waals surface area (Å²) in [5.74, 6) is 2.51. The first kappa shape index (κ1) is 20.4. The van der Waals surface area contributed by atoms with Crippen molar-refractivity contribution in [3.05, 3.63) is 41.6 Å². The van der Waals surface area contributed by atoms with Crippen molar-refractivity contribution in [2.75, 3.05) is 37.5 Å². The van der Waals surface area contributed by atoms with E-state index >= 15 is 0 Å². The molecule has 1 aromatic heterocycles. The number of methoxy groups -OCH3 is 1. The second kappa shape index (κ2) is 8.47. The number of nitrogens with zero attached hydrogens (tertiary/aromatic N) is 3. The Labute approximate surface area is 176 Å². The van der Waals surface area contributed by atoms with Crippen molar-refractivity contribution < 1.29 is 19.4 Å². The molecule has 2 heterocycles. The molecule has 1 aliphatic heterocycles. The predicted molar refractivity (Wildman–Crippen MR) is 113 cm³/mol. The van der Waals surface area contributed by atoms with Gasteiger partial charge in [-0.15, -0.1) is 0 Å². The lowest BCUT2D eigenvalue weighted by atomic mass is 9.78. The number of rotatable bonds is 5. The third kappa shape index (κ3) is 4.18. The number of esters is 1. The smallest absolute Gasteiger partial charge is 0.337 e. The minimum absolute atomic E-state index is 0.306. The van der Waals surface area contributed by atoms with Crippen molar-refractivity contribution in [3.8, 4) is 5.75 Å². The summed E-state index contributed by atoms with van der Waals surface area (Å²) in [4.78, 5) is 23.0. The maximum atomic E-state index is 11.8. The molecule has 2 N–H and O–H groups in total. The lowest BCUT2D eigenvalue weighted by molar-refractivity contribution is -0.0231. The van der Waals surface area contributed by atoms with E-state index in [0.29, 0.717) is 35.5 Å². The van der Waals surface area contributed by atoms with E-state index < -0.39 is 12.1 Å². The Morgan fingerprint density at radius 1 is 1.20 bits per heavy atom. The van der Waals surface area contributed by atoms with Crippen LogP contribution in [0.3, 0.4) is 0 Å².